The number of halogens is 1. The maximum atomic E-state index is 13.0. The molecule has 3 nitrogen and oxygen atoms in total. The third-order valence-corrected chi connectivity index (χ3v) is 4.86. The van der Waals surface area contributed by atoms with Gasteiger partial charge in [-0.1, -0.05) is 66.2 Å². The molecule has 1 saturated heterocycles. The quantitative estimate of drug-likeness (QED) is 0.534. The summed E-state index contributed by atoms with van der Waals surface area (Å²) in [5.41, 5.74) is 2.84. The summed E-state index contributed by atoms with van der Waals surface area (Å²) in [6.07, 6.45) is 0. The zero-order valence-corrected chi connectivity index (χ0v) is 14.9. The molecule has 26 heavy (non-hydrogen) atoms. The summed E-state index contributed by atoms with van der Waals surface area (Å²) < 4.78 is 5.93. The van der Waals surface area contributed by atoms with Crippen LogP contribution in [0.15, 0.2) is 78.9 Å². The molecule has 1 heterocycles. The molecule has 1 fully saturated rings. The lowest BCUT2D eigenvalue weighted by Crippen LogP contribution is -2.62. The predicted molar refractivity (Wildman–Crippen MR) is 101 cm³/mol. The first-order valence-electron chi connectivity index (χ1n) is 8.63. The summed E-state index contributed by atoms with van der Waals surface area (Å²) in [5, 5.41) is 2.77. The molecule has 0 unspecified atom stereocenters. The van der Waals surface area contributed by atoms with Gasteiger partial charge in [-0.25, -0.2) is 0 Å². The van der Waals surface area contributed by atoms with Gasteiger partial charge in [0.2, 0.25) is 11.8 Å². The topological polar surface area (TPSA) is 42.9 Å². The summed E-state index contributed by atoms with van der Waals surface area (Å²) in [7, 11) is 0. The highest BCUT2D eigenvalue weighted by Gasteiger charge is 2.51. The van der Waals surface area contributed by atoms with Crippen LogP contribution in [0.2, 0.25) is 5.02 Å². The van der Waals surface area contributed by atoms with Crippen molar-refractivity contribution in [3.05, 3.63) is 101 Å². The minimum atomic E-state index is -0.0994. The number of rotatable bonds is 6. The van der Waals surface area contributed by atoms with Gasteiger partial charge < -0.3 is 10.1 Å². The van der Waals surface area contributed by atoms with Crippen LogP contribution in [0.5, 0.6) is 5.75 Å². The molecule has 4 heteroatoms. The molecule has 3 aromatic carbocycles. The van der Waals surface area contributed by atoms with Gasteiger partial charge in [-0.15, -0.1) is 0 Å². The molecule has 0 amide bonds. The first kappa shape index (κ1) is 16.8. The fraction of sp³-hybridized carbons (Fsp3) is 0.136. The largest absolute Gasteiger partial charge is 0.488 e. The second-order valence-corrected chi connectivity index (χ2v) is 6.87. The summed E-state index contributed by atoms with van der Waals surface area (Å²) in [6, 6.07) is 25.2. The van der Waals surface area contributed by atoms with Gasteiger partial charge in [0.25, 0.3) is 0 Å². The van der Waals surface area contributed by atoms with Crippen molar-refractivity contribution in [2.24, 2.45) is 0 Å². The lowest BCUT2D eigenvalue weighted by molar-refractivity contribution is -0.511. The number of ketones is 1. The average Bonchev–Trinajstić information content (AvgIpc) is 3.48. The van der Waals surface area contributed by atoms with E-state index in [0.29, 0.717) is 22.9 Å². The van der Waals surface area contributed by atoms with Crippen molar-refractivity contribution < 1.29 is 14.8 Å². The Morgan fingerprint density at radius 2 is 1.62 bits per heavy atom. The molecular formula is C22H19ClNO2+. The standard InChI is InChI=1S/C22H18ClNO2/c23-17-12-10-16(11-13-17)20-21(24-20)22(25)18-8-4-5-9-19(18)26-14-15-6-2-1-3-7-15/h1-13,20-21,24H,14H2/p+1/t20-,21+/m0/s1. The molecule has 1 aliphatic rings. The molecule has 2 atom stereocenters. The van der Waals surface area contributed by atoms with Gasteiger partial charge in [0, 0.05) is 10.6 Å². The summed E-state index contributed by atoms with van der Waals surface area (Å²) in [4.78, 5) is 13.0. The van der Waals surface area contributed by atoms with E-state index in [2.05, 4.69) is 5.32 Å². The van der Waals surface area contributed by atoms with Gasteiger partial charge in [0.1, 0.15) is 12.4 Å². The number of carbonyl (C=O) groups is 1. The third kappa shape index (κ3) is 3.64. The fourth-order valence-electron chi connectivity index (χ4n) is 3.12. The second kappa shape index (κ2) is 7.32. The van der Waals surface area contributed by atoms with Crippen LogP contribution in [0.3, 0.4) is 0 Å². The van der Waals surface area contributed by atoms with Crippen molar-refractivity contribution in [3.8, 4) is 5.75 Å². The molecule has 2 N–H and O–H groups in total. The zero-order valence-electron chi connectivity index (χ0n) is 14.1. The van der Waals surface area contributed by atoms with Crippen molar-refractivity contribution in [3.63, 3.8) is 0 Å². The van der Waals surface area contributed by atoms with E-state index in [0.717, 1.165) is 11.1 Å². The molecule has 0 spiro atoms. The lowest BCUT2D eigenvalue weighted by atomic mass is 10.0. The van der Waals surface area contributed by atoms with Gasteiger partial charge in [0.15, 0.2) is 6.04 Å². The van der Waals surface area contributed by atoms with Crippen LogP contribution in [0, 0.1) is 0 Å². The van der Waals surface area contributed by atoms with Gasteiger partial charge in [-0.3, -0.25) is 4.79 Å². The van der Waals surface area contributed by atoms with Crippen LogP contribution in [-0.4, -0.2) is 11.8 Å². The van der Waals surface area contributed by atoms with Crippen LogP contribution >= 0.6 is 11.6 Å². The molecule has 0 radical (unpaired) electrons. The number of quaternary nitrogens is 1. The lowest BCUT2D eigenvalue weighted by Gasteiger charge is -2.09. The summed E-state index contributed by atoms with van der Waals surface area (Å²) in [5.74, 6) is 0.741. The number of ether oxygens (including phenoxy) is 1. The molecule has 0 aliphatic carbocycles. The van der Waals surface area contributed by atoms with Crippen LogP contribution in [0.4, 0.5) is 0 Å². The van der Waals surface area contributed by atoms with E-state index < -0.39 is 0 Å². The molecule has 3 aromatic rings. The van der Waals surface area contributed by atoms with Gasteiger partial charge in [-0.2, -0.15) is 0 Å². The summed E-state index contributed by atoms with van der Waals surface area (Å²) in [6.45, 7) is 0.445. The van der Waals surface area contributed by atoms with Crippen molar-refractivity contribution in [2.45, 2.75) is 18.7 Å². The molecule has 0 saturated carbocycles. The highest BCUT2D eigenvalue weighted by Crippen LogP contribution is 2.28. The molecule has 1 aliphatic heterocycles. The van der Waals surface area contributed by atoms with E-state index in [9.17, 15) is 4.79 Å². The number of Topliss-reactive ketones (excluding diaryl/α,β-unsaturated/α-hetero) is 1. The molecule has 0 aromatic heterocycles. The SMILES string of the molecule is O=C(c1ccccc1OCc1ccccc1)[C@@H]1[NH2+][C@H]1c1ccc(Cl)cc1. The molecule has 4 rings (SSSR count). The van der Waals surface area contributed by atoms with Crippen molar-refractivity contribution in [1.29, 1.82) is 0 Å². The Morgan fingerprint density at radius 1 is 0.923 bits per heavy atom. The normalized spacial score (nSPS) is 18.3. The van der Waals surface area contributed by atoms with E-state index in [1.54, 1.807) is 0 Å². The number of nitrogens with two attached hydrogens (primary N) is 1. The highest BCUT2D eigenvalue weighted by atomic mass is 35.5. The number of hydrogen-bond acceptors (Lipinski definition) is 2. The molecule has 0 bridgehead atoms. The second-order valence-electron chi connectivity index (χ2n) is 6.43. The average molecular weight is 365 g/mol. The Hall–Kier alpha value is -2.62. The third-order valence-electron chi connectivity index (χ3n) is 4.61. The van der Waals surface area contributed by atoms with Crippen molar-refractivity contribution in [2.75, 3.05) is 0 Å². The minimum absolute atomic E-state index is 0.0994. The van der Waals surface area contributed by atoms with Crippen LogP contribution < -0.4 is 10.1 Å². The Balaban J connectivity index is 1.48. The van der Waals surface area contributed by atoms with Crippen LogP contribution in [0.1, 0.15) is 27.5 Å². The number of carbonyl (C=O) groups excluding carboxylic acids is 1. The zero-order chi connectivity index (χ0) is 17.9. The van der Waals surface area contributed by atoms with Crippen LogP contribution in [0.25, 0.3) is 0 Å². The maximum Gasteiger partial charge on any atom is 0.230 e. The Kier molecular flexibility index (Phi) is 4.74. The maximum absolute atomic E-state index is 13.0. The monoisotopic (exact) mass is 364 g/mol. The van der Waals surface area contributed by atoms with Crippen LogP contribution in [-0.2, 0) is 6.61 Å². The smallest absolute Gasteiger partial charge is 0.230 e. The molecule has 130 valence electrons. The number of para-hydroxylation sites is 1. The fourth-order valence-corrected chi connectivity index (χ4v) is 3.25. The Bertz CT molecular complexity index is 909. The first-order chi connectivity index (χ1) is 12.7. The van der Waals surface area contributed by atoms with E-state index in [1.807, 2.05) is 78.9 Å². The predicted octanol–water partition coefficient (Wildman–Crippen LogP) is 3.79. The molecular weight excluding hydrogens is 346 g/mol. The summed E-state index contributed by atoms with van der Waals surface area (Å²) >= 11 is 5.94. The van der Waals surface area contributed by atoms with E-state index >= 15 is 0 Å². The van der Waals surface area contributed by atoms with Crippen molar-refractivity contribution >= 4 is 17.4 Å². The van der Waals surface area contributed by atoms with E-state index in [-0.39, 0.29) is 17.9 Å². The first-order valence-corrected chi connectivity index (χ1v) is 9.00. The van der Waals surface area contributed by atoms with Gasteiger partial charge >= 0.3 is 0 Å². The van der Waals surface area contributed by atoms with Gasteiger partial charge in [-0.05, 0) is 29.8 Å². The number of hydrogen-bond donors (Lipinski definition) is 1. The van der Waals surface area contributed by atoms with E-state index in [1.165, 1.54) is 0 Å². The Morgan fingerprint density at radius 3 is 2.38 bits per heavy atom. The Labute approximate surface area is 157 Å². The highest BCUT2D eigenvalue weighted by molar-refractivity contribution is 6.30. The van der Waals surface area contributed by atoms with Gasteiger partial charge in [0.05, 0.1) is 5.56 Å². The number of benzene rings is 3. The van der Waals surface area contributed by atoms with Crippen molar-refractivity contribution in [1.82, 2.24) is 0 Å². The van der Waals surface area contributed by atoms with E-state index in [4.69, 9.17) is 16.3 Å². The minimum Gasteiger partial charge on any atom is -0.488 e.